The highest BCUT2D eigenvalue weighted by molar-refractivity contribution is 6.31. The van der Waals surface area contributed by atoms with Crippen molar-refractivity contribution in [1.29, 1.82) is 0 Å². The quantitative estimate of drug-likeness (QED) is 0.669. The molecule has 3 nitrogen and oxygen atoms in total. The first kappa shape index (κ1) is 14.6. The van der Waals surface area contributed by atoms with Gasteiger partial charge >= 0.3 is 5.63 Å². The molecule has 0 aliphatic rings. The van der Waals surface area contributed by atoms with E-state index in [1.54, 1.807) is 37.3 Å². The van der Waals surface area contributed by atoms with Gasteiger partial charge in [-0.25, -0.2) is 9.18 Å². The molecule has 0 spiro atoms. The molecule has 3 aromatic rings. The summed E-state index contributed by atoms with van der Waals surface area (Å²) in [6.07, 6.45) is 0. The first-order valence-electron chi connectivity index (χ1n) is 6.65. The predicted octanol–water partition coefficient (Wildman–Crippen LogP) is 4.47. The summed E-state index contributed by atoms with van der Waals surface area (Å²) in [4.78, 5) is 11.6. The molecule has 112 valence electrons. The Morgan fingerprint density at radius 2 is 1.91 bits per heavy atom. The van der Waals surface area contributed by atoms with Crippen LogP contribution in [0.5, 0.6) is 5.75 Å². The van der Waals surface area contributed by atoms with Crippen LogP contribution >= 0.6 is 11.6 Å². The van der Waals surface area contributed by atoms with Gasteiger partial charge in [0.05, 0.1) is 0 Å². The zero-order valence-corrected chi connectivity index (χ0v) is 12.5. The van der Waals surface area contributed by atoms with Crippen molar-refractivity contribution >= 4 is 22.6 Å². The van der Waals surface area contributed by atoms with Crippen molar-refractivity contribution in [3.63, 3.8) is 0 Å². The lowest BCUT2D eigenvalue weighted by atomic mass is 10.1. The maximum atomic E-state index is 12.8. The molecule has 2 aromatic carbocycles. The molecule has 1 aromatic heterocycles. The standard InChI is InChI=1S/C17H12ClFO3/c1-10-14-7-6-13(8-15(14)22-17(20)16(10)18)21-9-11-2-4-12(19)5-3-11/h2-8H,9H2,1H3. The minimum atomic E-state index is -0.567. The number of aryl methyl sites for hydroxylation is 1. The van der Waals surface area contributed by atoms with Crippen LogP contribution in [0, 0.1) is 12.7 Å². The highest BCUT2D eigenvalue weighted by Gasteiger charge is 2.10. The third-order valence-electron chi connectivity index (χ3n) is 3.39. The fourth-order valence-electron chi connectivity index (χ4n) is 2.15. The second-order valence-corrected chi connectivity index (χ2v) is 5.28. The highest BCUT2D eigenvalue weighted by Crippen LogP contribution is 2.26. The van der Waals surface area contributed by atoms with Gasteiger partial charge in [-0.15, -0.1) is 0 Å². The molecule has 0 unspecified atom stereocenters. The van der Waals surface area contributed by atoms with Crippen molar-refractivity contribution in [2.45, 2.75) is 13.5 Å². The van der Waals surface area contributed by atoms with E-state index in [0.717, 1.165) is 10.9 Å². The number of halogens is 2. The minimum Gasteiger partial charge on any atom is -0.489 e. The van der Waals surface area contributed by atoms with E-state index in [0.29, 0.717) is 23.5 Å². The van der Waals surface area contributed by atoms with Crippen molar-refractivity contribution in [3.8, 4) is 5.75 Å². The average molecular weight is 319 g/mol. The molecule has 0 amide bonds. The third kappa shape index (κ3) is 2.83. The second-order valence-electron chi connectivity index (χ2n) is 4.90. The van der Waals surface area contributed by atoms with Crippen LogP contribution in [0.4, 0.5) is 4.39 Å². The van der Waals surface area contributed by atoms with Gasteiger partial charge in [-0.05, 0) is 42.3 Å². The van der Waals surface area contributed by atoms with Crippen molar-refractivity contribution in [1.82, 2.24) is 0 Å². The Morgan fingerprint density at radius 3 is 2.64 bits per heavy atom. The van der Waals surface area contributed by atoms with E-state index in [4.69, 9.17) is 20.8 Å². The lowest BCUT2D eigenvalue weighted by Gasteiger charge is -2.08. The first-order valence-corrected chi connectivity index (χ1v) is 7.02. The van der Waals surface area contributed by atoms with Gasteiger partial charge in [0.25, 0.3) is 0 Å². The minimum absolute atomic E-state index is 0.0903. The van der Waals surface area contributed by atoms with E-state index in [9.17, 15) is 9.18 Å². The molecule has 0 bridgehead atoms. The van der Waals surface area contributed by atoms with Crippen LogP contribution in [-0.2, 0) is 6.61 Å². The van der Waals surface area contributed by atoms with E-state index in [-0.39, 0.29) is 10.8 Å². The maximum absolute atomic E-state index is 12.8. The molecule has 0 saturated carbocycles. The zero-order chi connectivity index (χ0) is 15.7. The SMILES string of the molecule is Cc1c(Cl)c(=O)oc2cc(OCc3ccc(F)cc3)ccc12. The van der Waals surface area contributed by atoms with Gasteiger partial charge < -0.3 is 9.15 Å². The molecule has 3 rings (SSSR count). The number of hydrogen-bond donors (Lipinski definition) is 0. The van der Waals surface area contributed by atoms with Crippen LogP contribution in [0.15, 0.2) is 51.7 Å². The smallest absolute Gasteiger partial charge is 0.355 e. The Labute approximate surface area is 130 Å². The first-order chi connectivity index (χ1) is 10.5. The second kappa shape index (κ2) is 5.81. The Morgan fingerprint density at radius 1 is 1.18 bits per heavy atom. The van der Waals surface area contributed by atoms with Gasteiger partial charge in [-0.3, -0.25) is 0 Å². The Balaban J connectivity index is 1.87. The van der Waals surface area contributed by atoms with Gasteiger partial charge in [0, 0.05) is 11.5 Å². The molecule has 0 N–H and O–H groups in total. The molecule has 0 saturated heterocycles. The molecule has 5 heteroatoms. The van der Waals surface area contributed by atoms with Gasteiger partial charge in [-0.2, -0.15) is 0 Å². The molecule has 22 heavy (non-hydrogen) atoms. The summed E-state index contributed by atoms with van der Waals surface area (Å²) in [5.74, 6) is 0.269. The van der Waals surface area contributed by atoms with Crippen LogP contribution in [0.25, 0.3) is 11.0 Å². The number of benzene rings is 2. The summed E-state index contributed by atoms with van der Waals surface area (Å²) in [5.41, 5.74) is 1.37. The van der Waals surface area contributed by atoms with E-state index >= 15 is 0 Å². The lowest BCUT2D eigenvalue weighted by molar-refractivity contribution is 0.306. The molecular weight excluding hydrogens is 307 g/mol. The fraction of sp³-hybridized carbons (Fsp3) is 0.118. The van der Waals surface area contributed by atoms with Crippen LogP contribution in [0.3, 0.4) is 0 Å². The average Bonchev–Trinajstić information content (AvgIpc) is 2.52. The van der Waals surface area contributed by atoms with Crippen molar-refractivity contribution < 1.29 is 13.5 Å². The van der Waals surface area contributed by atoms with Crippen molar-refractivity contribution in [3.05, 3.63) is 74.9 Å². The molecule has 0 atom stereocenters. The van der Waals surface area contributed by atoms with Crippen LogP contribution in [0.2, 0.25) is 5.02 Å². The fourth-order valence-corrected chi connectivity index (χ4v) is 2.29. The Bertz CT molecular complexity index is 885. The van der Waals surface area contributed by atoms with Gasteiger partial charge in [0.1, 0.15) is 28.8 Å². The van der Waals surface area contributed by atoms with Gasteiger partial charge in [0.15, 0.2) is 0 Å². The number of rotatable bonds is 3. The largest absolute Gasteiger partial charge is 0.489 e. The molecule has 1 heterocycles. The molecule has 0 aliphatic heterocycles. The Kier molecular flexibility index (Phi) is 3.86. The zero-order valence-electron chi connectivity index (χ0n) is 11.7. The molecule has 0 aliphatic carbocycles. The van der Waals surface area contributed by atoms with E-state index in [1.807, 2.05) is 0 Å². The third-order valence-corrected chi connectivity index (χ3v) is 3.82. The van der Waals surface area contributed by atoms with E-state index in [2.05, 4.69) is 0 Å². The van der Waals surface area contributed by atoms with Gasteiger partial charge in [0.2, 0.25) is 0 Å². The van der Waals surface area contributed by atoms with Gasteiger partial charge in [-0.1, -0.05) is 23.7 Å². The number of hydrogen-bond acceptors (Lipinski definition) is 3. The molecule has 0 radical (unpaired) electrons. The topological polar surface area (TPSA) is 39.4 Å². The van der Waals surface area contributed by atoms with Crippen LogP contribution in [0.1, 0.15) is 11.1 Å². The van der Waals surface area contributed by atoms with E-state index < -0.39 is 5.63 Å². The lowest BCUT2D eigenvalue weighted by Crippen LogP contribution is -2.02. The Hall–Kier alpha value is -2.33. The summed E-state index contributed by atoms with van der Waals surface area (Å²) in [6.45, 7) is 2.06. The number of fused-ring (bicyclic) bond motifs is 1. The van der Waals surface area contributed by atoms with Crippen LogP contribution < -0.4 is 10.4 Å². The monoisotopic (exact) mass is 318 g/mol. The van der Waals surface area contributed by atoms with Crippen LogP contribution in [-0.4, -0.2) is 0 Å². The van der Waals surface area contributed by atoms with Crippen molar-refractivity contribution in [2.75, 3.05) is 0 Å². The molecular formula is C17H12ClFO3. The van der Waals surface area contributed by atoms with Crippen molar-refractivity contribution in [2.24, 2.45) is 0 Å². The summed E-state index contributed by atoms with van der Waals surface area (Å²) in [6, 6.07) is 11.3. The summed E-state index contributed by atoms with van der Waals surface area (Å²) < 4.78 is 23.6. The van der Waals surface area contributed by atoms with E-state index in [1.165, 1.54) is 12.1 Å². The highest BCUT2D eigenvalue weighted by atomic mass is 35.5. The summed E-state index contributed by atoms with van der Waals surface area (Å²) in [5, 5.41) is 0.853. The molecule has 0 fully saturated rings. The normalized spacial score (nSPS) is 10.9. The predicted molar refractivity (Wildman–Crippen MR) is 83.0 cm³/mol. The number of ether oxygens (including phenoxy) is 1. The maximum Gasteiger partial charge on any atom is 0.355 e. The summed E-state index contributed by atoms with van der Waals surface area (Å²) >= 11 is 5.88. The summed E-state index contributed by atoms with van der Waals surface area (Å²) in [7, 11) is 0.